The van der Waals surface area contributed by atoms with Crippen molar-refractivity contribution in [2.75, 3.05) is 6.61 Å². The van der Waals surface area contributed by atoms with Gasteiger partial charge in [-0.15, -0.1) is 0 Å². The van der Waals surface area contributed by atoms with Crippen molar-refractivity contribution in [1.82, 2.24) is 0 Å². The van der Waals surface area contributed by atoms with E-state index >= 15 is 4.39 Å². The Kier molecular flexibility index (Phi) is 7.30. The van der Waals surface area contributed by atoms with Crippen LogP contribution in [0.1, 0.15) is 82.6 Å². The third-order valence-corrected chi connectivity index (χ3v) is 7.74. The van der Waals surface area contributed by atoms with Crippen molar-refractivity contribution in [1.29, 1.82) is 0 Å². The van der Waals surface area contributed by atoms with Crippen molar-refractivity contribution in [3.63, 3.8) is 0 Å². The van der Waals surface area contributed by atoms with Crippen molar-refractivity contribution < 1.29 is 13.5 Å². The first-order chi connectivity index (χ1) is 15.1. The second-order valence-electron chi connectivity index (χ2n) is 9.80. The van der Waals surface area contributed by atoms with Crippen LogP contribution in [0.5, 0.6) is 5.75 Å². The summed E-state index contributed by atoms with van der Waals surface area (Å²) in [7, 11) is 0. The normalized spacial score (nSPS) is 25.9. The second-order valence-corrected chi connectivity index (χ2v) is 9.80. The van der Waals surface area contributed by atoms with E-state index in [0.29, 0.717) is 34.6 Å². The van der Waals surface area contributed by atoms with Crippen LogP contribution in [-0.2, 0) is 0 Å². The molecule has 0 aliphatic heterocycles. The number of hydrogen-bond acceptors (Lipinski definition) is 1. The first-order valence-electron chi connectivity index (χ1n) is 12.3. The number of fused-ring (bicyclic) bond motifs is 2. The topological polar surface area (TPSA) is 9.23 Å². The van der Waals surface area contributed by atoms with Crippen molar-refractivity contribution in [2.24, 2.45) is 17.8 Å². The van der Waals surface area contributed by atoms with E-state index in [4.69, 9.17) is 4.74 Å². The predicted molar refractivity (Wildman–Crippen MR) is 125 cm³/mol. The summed E-state index contributed by atoms with van der Waals surface area (Å²) in [6, 6.07) is 6.36. The first-order valence-corrected chi connectivity index (χ1v) is 12.3. The van der Waals surface area contributed by atoms with Crippen LogP contribution in [0.3, 0.4) is 0 Å². The monoisotopic (exact) mass is 426 g/mol. The summed E-state index contributed by atoms with van der Waals surface area (Å²) in [5.41, 5.74) is 0.703. The van der Waals surface area contributed by atoms with Crippen LogP contribution in [0.25, 0.3) is 10.8 Å². The van der Waals surface area contributed by atoms with Gasteiger partial charge in [-0.1, -0.05) is 51.7 Å². The SMILES string of the molecule is C=CCOc1cc(F)c2cc(C3CCC4CC(CCCCC)CCC4C3)c(F)cc2c1. The van der Waals surface area contributed by atoms with Gasteiger partial charge in [-0.25, -0.2) is 8.78 Å². The molecule has 4 rings (SSSR count). The molecular formula is C28H36F2O. The van der Waals surface area contributed by atoms with Crippen LogP contribution < -0.4 is 4.74 Å². The molecule has 0 radical (unpaired) electrons. The highest BCUT2D eigenvalue weighted by molar-refractivity contribution is 5.85. The van der Waals surface area contributed by atoms with Crippen LogP contribution in [0.15, 0.2) is 36.9 Å². The molecule has 31 heavy (non-hydrogen) atoms. The van der Waals surface area contributed by atoms with Crippen LogP contribution >= 0.6 is 0 Å². The molecule has 4 unspecified atom stereocenters. The fraction of sp³-hybridized carbons (Fsp3) is 0.571. The van der Waals surface area contributed by atoms with Gasteiger partial charge in [0.2, 0.25) is 0 Å². The van der Waals surface area contributed by atoms with Crippen LogP contribution in [0, 0.1) is 29.4 Å². The first kappa shape index (κ1) is 22.3. The molecule has 0 N–H and O–H groups in total. The Bertz CT molecular complexity index is 906. The largest absolute Gasteiger partial charge is 0.489 e. The minimum atomic E-state index is -0.348. The molecule has 2 fully saturated rings. The Morgan fingerprint density at radius 3 is 2.58 bits per heavy atom. The van der Waals surface area contributed by atoms with Gasteiger partial charge < -0.3 is 4.74 Å². The second kappa shape index (κ2) is 10.1. The van der Waals surface area contributed by atoms with Gasteiger partial charge in [0.1, 0.15) is 24.0 Å². The van der Waals surface area contributed by atoms with Gasteiger partial charge in [0.05, 0.1) is 0 Å². The molecule has 0 aromatic heterocycles. The van der Waals surface area contributed by atoms with E-state index in [0.717, 1.165) is 24.7 Å². The van der Waals surface area contributed by atoms with E-state index in [2.05, 4.69) is 13.5 Å². The van der Waals surface area contributed by atoms with Gasteiger partial charge in [0.25, 0.3) is 0 Å². The Labute approximate surface area is 185 Å². The maximum atomic E-state index is 15.1. The van der Waals surface area contributed by atoms with E-state index in [1.165, 1.54) is 63.5 Å². The number of unbranched alkanes of at least 4 members (excludes halogenated alkanes) is 2. The molecule has 0 spiro atoms. The number of benzene rings is 2. The van der Waals surface area contributed by atoms with Gasteiger partial charge in [-0.05, 0) is 84.9 Å². The molecule has 2 aliphatic rings. The van der Waals surface area contributed by atoms with Gasteiger partial charge in [-0.2, -0.15) is 0 Å². The van der Waals surface area contributed by atoms with E-state index in [9.17, 15) is 4.39 Å². The van der Waals surface area contributed by atoms with Crippen molar-refractivity contribution >= 4 is 10.8 Å². The lowest BCUT2D eigenvalue weighted by Gasteiger charge is -2.42. The number of hydrogen-bond donors (Lipinski definition) is 0. The fourth-order valence-electron chi connectivity index (χ4n) is 6.09. The number of halogens is 2. The van der Waals surface area contributed by atoms with Crippen LogP contribution in [0.4, 0.5) is 8.78 Å². The lowest BCUT2D eigenvalue weighted by molar-refractivity contribution is 0.112. The summed E-state index contributed by atoms with van der Waals surface area (Å²) < 4.78 is 35.3. The highest BCUT2D eigenvalue weighted by atomic mass is 19.1. The summed E-state index contributed by atoms with van der Waals surface area (Å²) in [6.45, 7) is 6.18. The molecule has 0 amide bonds. The Morgan fingerprint density at radius 1 is 0.968 bits per heavy atom. The minimum absolute atomic E-state index is 0.204. The van der Waals surface area contributed by atoms with E-state index in [1.807, 2.05) is 0 Å². The molecule has 3 heteroatoms. The van der Waals surface area contributed by atoms with E-state index < -0.39 is 0 Å². The lowest BCUT2D eigenvalue weighted by atomic mass is 9.63. The zero-order valence-corrected chi connectivity index (χ0v) is 18.8. The van der Waals surface area contributed by atoms with Crippen molar-refractivity contribution in [3.05, 3.63) is 54.1 Å². The summed E-state index contributed by atoms with van der Waals surface area (Å²) in [4.78, 5) is 0. The Morgan fingerprint density at radius 2 is 1.77 bits per heavy atom. The standard InChI is InChI=1S/C28H36F2O/c1-3-5-6-7-19-8-9-21-14-22(11-10-20(21)13-19)25-18-26-23(16-27(25)29)15-24(17-28(26)30)31-12-4-2/h4,15-22H,2-3,5-14H2,1H3. The van der Waals surface area contributed by atoms with E-state index in [1.54, 1.807) is 18.2 Å². The average molecular weight is 427 g/mol. The molecule has 2 aliphatic carbocycles. The molecule has 0 saturated heterocycles. The third-order valence-electron chi connectivity index (χ3n) is 7.74. The summed E-state index contributed by atoms with van der Waals surface area (Å²) in [5.74, 6) is 2.47. The quantitative estimate of drug-likeness (QED) is 0.303. The highest BCUT2D eigenvalue weighted by Crippen LogP contribution is 2.49. The summed E-state index contributed by atoms with van der Waals surface area (Å²) in [5, 5.41) is 1.05. The van der Waals surface area contributed by atoms with Gasteiger partial charge >= 0.3 is 0 Å². The maximum Gasteiger partial charge on any atom is 0.134 e. The summed E-state index contributed by atoms with van der Waals surface area (Å²) in [6.07, 6.45) is 14.3. The molecule has 2 aromatic rings. The zero-order valence-electron chi connectivity index (χ0n) is 18.8. The Balaban J connectivity index is 1.47. The van der Waals surface area contributed by atoms with Crippen LogP contribution in [0.2, 0.25) is 0 Å². The van der Waals surface area contributed by atoms with Crippen molar-refractivity contribution in [3.8, 4) is 5.75 Å². The molecule has 4 atom stereocenters. The molecule has 2 saturated carbocycles. The molecule has 2 aromatic carbocycles. The van der Waals surface area contributed by atoms with Gasteiger partial charge in [0.15, 0.2) is 0 Å². The van der Waals surface area contributed by atoms with Gasteiger partial charge in [0, 0.05) is 11.5 Å². The third kappa shape index (κ3) is 5.13. The molecule has 168 valence electrons. The predicted octanol–water partition coefficient (Wildman–Crippen LogP) is 8.56. The van der Waals surface area contributed by atoms with Gasteiger partial charge in [-0.3, -0.25) is 0 Å². The molecule has 0 heterocycles. The molecular weight excluding hydrogens is 390 g/mol. The lowest BCUT2D eigenvalue weighted by Crippen LogP contribution is -2.30. The smallest absolute Gasteiger partial charge is 0.134 e. The number of ether oxygens (including phenoxy) is 1. The average Bonchev–Trinajstić information content (AvgIpc) is 2.77. The van der Waals surface area contributed by atoms with Crippen molar-refractivity contribution in [2.45, 2.75) is 77.0 Å². The maximum absolute atomic E-state index is 15.1. The van der Waals surface area contributed by atoms with Crippen LogP contribution in [-0.4, -0.2) is 6.61 Å². The summed E-state index contributed by atoms with van der Waals surface area (Å²) >= 11 is 0. The highest BCUT2D eigenvalue weighted by Gasteiger charge is 2.36. The zero-order chi connectivity index (χ0) is 21.8. The number of rotatable bonds is 8. The molecule has 1 nitrogen and oxygen atoms in total. The Hall–Kier alpha value is -1.90. The molecule has 0 bridgehead atoms. The van der Waals surface area contributed by atoms with E-state index in [-0.39, 0.29) is 17.6 Å². The minimum Gasteiger partial charge on any atom is -0.489 e. The fourth-order valence-corrected chi connectivity index (χ4v) is 6.09.